The van der Waals surface area contributed by atoms with Gasteiger partial charge in [-0.2, -0.15) is 20.2 Å². The van der Waals surface area contributed by atoms with Gasteiger partial charge in [-0.1, -0.05) is 30.3 Å². The van der Waals surface area contributed by atoms with E-state index < -0.39 is 11.6 Å². The van der Waals surface area contributed by atoms with E-state index in [2.05, 4.69) is 56.8 Å². The fraction of sp³-hybridized carbons (Fsp3) is 0.275. The summed E-state index contributed by atoms with van der Waals surface area (Å²) in [5.74, 6) is -0.332. The smallest absolute Gasteiger partial charge is 0.279 e. The van der Waals surface area contributed by atoms with Crippen LogP contribution in [0.15, 0.2) is 88.9 Å². The van der Waals surface area contributed by atoms with Crippen molar-refractivity contribution in [1.29, 1.82) is 5.26 Å². The highest BCUT2D eigenvalue weighted by Crippen LogP contribution is 2.27. The van der Waals surface area contributed by atoms with Crippen LogP contribution in [-0.4, -0.2) is 110 Å². The van der Waals surface area contributed by atoms with Crippen LogP contribution in [0.2, 0.25) is 0 Å². The number of nitrogens with one attached hydrogen (secondary N) is 4. The molecule has 1 saturated heterocycles. The lowest BCUT2D eigenvalue weighted by Crippen LogP contribution is -2.49. The maximum Gasteiger partial charge on any atom is 0.279 e. The van der Waals surface area contributed by atoms with E-state index >= 15 is 0 Å². The Labute approximate surface area is 327 Å². The van der Waals surface area contributed by atoms with Gasteiger partial charge in [0.2, 0.25) is 23.8 Å². The van der Waals surface area contributed by atoms with Crippen molar-refractivity contribution in [2.75, 3.05) is 62.8 Å². The number of carbonyl (C=O) groups excluding carboxylic acids is 2. The van der Waals surface area contributed by atoms with E-state index in [1.807, 2.05) is 36.4 Å². The van der Waals surface area contributed by atoms with E-state index in [0.29, 0.717) is 56.8 Å². The van der Waals surface area contributed by atoms with Crippen molar-refractivity contribution in [3.63, 3.8) is 0 Å². The number of aromatic nitrogens is 5. The number of carbonyl (C=O) groups is 2. The van der Waals surface area contributed by atoms with Gasteiger partial charge in [0, 0.05) is 83.5 Å². The second kappa shape index (κ2) is 17.2. The number of aliphatic imine (C=N–C) groups is 1. The number of halogens is 1. The lowest BCUT2D eigenvalue weighted by Gasteiger charge is -2.34. The third-order valence-corrected chi connectivity index (χ3v) is 9.53. The molecule has 0 bridgehead atoms. The first kappa shape index (κ1) is 38.2. The summed E-state index contributed by atoms with van der Waals surface area (Å²) < 4.78 is 13.8. The van der Waals surface area contributed by atoms with E-state index in [1.165, 1.54) is 29.4 Å². The van der Waals surface area contributed by atoms with Crippen LogP contribution < -0.4 is 21.5 Å². The number of H-pyrrole nitrogens is 1. The van der Waals surface area contributed by atoms with Crippen molar-refractivity contribution < 1.29 is 14.0 Å². The maximum absolute atomic E-state index is 13.8. The summed E-state index contributed by atoms with van der Waals surface area (Å²) in [4.78, 5) is 68.7. The fourth-order valence-electron chi connectivity index (χ4n) is 6.60. The van der Waals surface area contributed by atoms with Crippen LogP contribution >= 0.6 is 0 Å². The number of nitriles is 1. The second-order valence-electron chi connectivity index (χ2n) is 13.9. The van der Waals surface area contributed by atoms with Gasteiger partial charge < -0.3 is 30.7 Å². The molecule has 2 aromatic heterocycles. The van der Waals surface area contributed by atoms with Crippen molar-refractivity contribution >= 4 is 46.7 Å². The Morgan fingerprint density at radius 1 is 0.965 bits per heavy atom. The Hall–Kier alpha value is -7.06. The molecule has 290 valence electrons. The van der Waals surface area contributed by atoms with Gasteiger partial charge in [0.05, 0.1) is 23.9 Å². The molecule has 5 aromatic rings. The van der Waals surface area contributed by atoms with Crippen LogP contribution in [0.25, 0.3) is 0 Å². The minimum atomic E-state index is -0.747. The SMILES string of the molecule is CN(C)C(=O)[C@H](Cc1ccc(C#N)cc1)Nc1nc(NCC2=Nc3cc(F)ccc3C2)nc(Nc2cccc(CN3CCN(C(=O)c4ncc[nH]c4=O)CC3)c2)n1. The highest BCUT2D eigenvalue weighted by molar-refractivity contribution is 5.96. The monoisotopic (exact) mass is 769 g/mol. The molecule has 4 N–H and O–H groups in total. The minimum absolute atomic E-state index is 0.111. The zero-order chi connectivity index (χ0) is 39.9. The third kappa shape index (κ3) is 9.61. The maximum atomic E-state index is 13.8. The summed E-state index contributed by atoms with van der Waals surface area (Å²) >= 11 is 0. The highest BCUT2D eigenvalue weighted by Gasteiger charge is 2.26. The first-order chi connectivity index (χ1) is 27.6. The molecule has 4 heterocycles. The second-order valence-corrected chi connectivity index (χ2v) is 13.9. The third-order valence-electron chi connectivity index (χ3n) is 9.53. The molecule has 1 fully saturated rings. The average Bonchev–Trinajstić information content (AvgIpc) is 3.62. The number of anilines is 4. The number of likely N-dealkylation sites (N-methyl/N-ethyl adjacent to an activating group) is 1. The van der Waals surface area contributed by atoms with Crippen LogP contribution in [0.5, 0.6) is 0 Å². The average molecular weight is 770 g/mol. The Balaban J connectivity index is 1.07. The van der Waals surface area contributed by atoms with Gasteiger partial charge in [-0.05, 0) is 53.1 Å². The lowest BCUT2D eigenvalue weighted by molar-refractivity contribution is -0.129. The molecule has 0 spiro atoms. The van der Waals surface area contributed by atoms with Crippen LogP contribution in [-0.2, 0) is 24.2 Å². The van der Waals surface area contributed by atoms with Gasteiger partial charge in [-0.25, -0.2) is 9.37 Å². The van der Waals surface area contributed by atoms with Gasteiger partial charge in [-0.15, -0.1) is 0 Å². The molecule has 0 radical (unpaired) electrons. The summed E-state index contributed by atoms with van der Waals surface area (Å²) in [6.07, 6.45) is 3.65. The molecule has 1 atom stereocenters. The summed E-state index contributed by atoms with van der Waals surface area (Å²) in [5, 5.41) is 19.0. The summed E-state index contributed by atoms with van der Waals surface area (Å²) in [7, 11) is 3.35. The van der Waals surface area contributed by atoms with Crippen LogP contribution in [0.4, 0.5) is 33.6 Å². The Bertz CT molecular complexity index is 2400. The molecular weight excluding hydrogens is 730 g/mol. The number of hydrogen-bond acceptors (Lipinski definition) is 13. The van der Waals surface area contributed by atoms with Gasteiger partial charge in [0.15, 0.2) is 5.69 Å². The fourth-order valence-corrected chi connectivity index (χ4v) is 6.60. The van der Waals surface area contributed by atoms with Crippen molar-refractivity contribution in [2.24, 2.45) is 4.99 Å². The van der Waals surface area contributed by atoms with E-state index in [4.69, 9.17) is 0 Å². The number of aromatic amines is 1. The van der Waals surface area contributed by atoms with Crippen LogP contribution in [0, 0.1) is 17.1 Å². The zero-order valence-electron chi connectivity index (χ0n) is 31.4. The summed E-state index contributed by atoms with van der Waals surface area (Å²) in [5.41, 5.74) is 4.78. The van der Waals surface area contributed by atoms with Crippen LogP contribution in [0.3, 0.4) is 0 Å². The molecule has 7 rings (SSSR count). The first-order valence-corrected chi connectivity index (χ1v) is 18.3. The number of fused-ring (bicyclic) bond motifs is 1. The molecule has 0 aliphatic carbocycles. The molecule has 16 nitrogen and oxygen atoms in total. The van der Waals surface area contributed by atoms with Gasteiger partial charge >= 0.3 is 0 Å². The van der Waals surface area contributed by atoms with E-state index in [0.717, 1.165) is 28.1 Å². The topological polar surface area (TPSA) is 201 Å². The first-order valence-electron chi connectivity index (χ1n) is 18.3. The number of nitrogens with zero attached hydrogens (tertiary/aromatic N) is 9. The predicted molar refractivity (Wildman–Crippen MR) is 212 cm³/mol. The van der Waals surface area contributed by atoms with Crippen molar-refractivity contribution in [2.45, 2.75) is 25.4 Å². The predicted octanol–water partition coefficient (Wildman–Crippen LogP) is 3.52. The largest absolute Gasteiger partial charge is 0.349 e. The van der Waals surface area contributed by atoms with E-state index in [9.17, 15) is 24.0 Å². The quantitative estimate of drug-likeness (QED) is 0.136. The molecular formula is C40H40FN13O3. The summed E-state index contributed by atoms with van der Waals surface area (Å²) in [6.45, 7) is 3.06. The molecule has 0 saturated carbocycles. The molecule has 57 heavy (non-hydrogen) atoms. The number of piperazine rings is 1. The van der Waals surface area contributed by atoms with Gasteiger partial charge in [-0.3, -0.25) is 24.3 Å². The normalized spacial score (nSPS) is 14.2. The molecule has 2 amide bonds. The van der Waals surface area contributed by atoms with E-state index in [-0.39, 0.29) is 47.7 Å². The Morgan fingerprint density at radius 3 is 2.49 bits per heavy atom. The molecule has 3 aromatic carbocycles. The number of amides is 2. The number of benzene rings is 3. The minimum Gasteiger partial charge on any atom is -0.349 e. The van der Waals surface area contributed by atoms with Gasteiger partial charge in [0.25, 0.3) is 11.5 Å². The van der Waals surface area contributed by atoms with Crippen molar-refractivity contribution in [3.8, 4) is 6.07 Å². The molecule has 17 heteroatoms. The molecule has 0 unspecified atom stereocenters. The Morgan fingerprint density at radius 2 is 1.74 bits per heavy atom. The molecule has 2 aliphatic heterocycles. The van der Waals surface area contributed by atoms with Gasteiger partial charge in [0.1, 0.15) is 11.9 Å². The molecule has 2 aliphatic rings. The zero-order valence-corrected chi connectivity index (χ0v) is 31.4. The number of hydrogen-bond donors (Lipinski definition) is 4. The van der Waals surface area contributed by atoms with Crippen molar-refractivity contribution in [1.82, 2.24) is 39.6 Å². The standard InChI is InChI=1S/C40H40FN13O3/c1-52(2)36(56)33(19-25-6-8-26(22-42)9-7-25)48-40-50-38(45-23-31-20-28-10-11-29(41)21-32(28)46-31)49-39(51-40)47-30-5-3-4-27(18-30)24-53-14-16-54(17-15-53)37(57)34-35(55)44-13-12-43-34/h3-13,18,21,33H,14-17,19-20,23-24H2,1-2H3,(H,44,55)(H3,45,47,48,49,50,51)/t33-/m0/s1. The van der Waals surface area contributed by atoms with E-state index in [1.54, 1.807) is 37.2 Å². The Kier molecular flexibility index (Phi) is 11.5. The van der Waals surface area contributed by atoms with Crippen LogP contribution in [0.1, 0.15) is 32.7 Å². The highest BCUT2D eigenvalue weighted by atomic mass is 19.1. The lowest BCUT2D eigenvalue weighted by atomic mass is 10.0. The van der Waals surface area contributed by atoms with Crippen molar-refractivity contribution in [3.05, 3.63) is 123 Å². The summed E-state index contributed by atoms with van der Waals surface area (Å²) in [6, 6.07) is 20.8. The number of rotatable bonds is 13.